The summed E-state index contributed by atoms with van der Waals surface area (Å²) in [6, 6.07) is 3.95. The zero-order valence-electron chi connectivity index (χ0n) is 11.3. The van der Waals surface area contributed by atoms with Crippen LogP contribution in [0.25, 0.3) is 0 Å². The first kappa shape index (κ1) is 14.7. The summed E-state index contributed by atoms with van der Waals surface area (Å²) < 4.78 is 1.04. The van der Waals surface area contributed by atoms with E-state index in [0.717, 1.165) is 36.5 Å². The molecule has 0 saturated carbocycles. The van der Waals surface area contributed by atoms with E-state index >= 15 is 0 Å². The molecule has 0 aromatic carbocycles. The zero-order valence-corrected chi connectivity index (χ0v) is 13.7. The Hall–Kier alpha value is -0.720. The Balaban J connectivity index is 2.04. The fourth-order valence-corrected chi connectivity index (χ4v) is 2.88. The number of nitrogens with two attached hydrogens (primary N) is 1. The summed E-state index contributed by atoms with van der Waals surface area (Å²) in [5, 5.41) is 0. The van der Waals surface area contributed by atoms with Gasteiger partial charge < -0.3 is 10.6 Å². The highest BCUT2D eigenvalue weighted by Crippen LogP contribution is 2.25. The van der Waals surface area contributed by atoms with Crippen molar-refractivity contribution < 1.29 is 0 Å². The SMILES string of the molecule is CC(C)(C(N)=S)N1CCN(c2ncccc2Br)CC1. The quantitative estimate of drug-likeness (QED) is 0.851. The molecule has 1 aromatic heterocycles. The minimum atomic E-state index is -0.219. The van der Waals surface area contributed by atoms with Gasteiger partial charge in [-0.25, -0.2) is 4.98 Å². The molecule has 1 fully saturated rings. The molecule has 0 bridgehead atoms. The van der Waals surface area contributed by atoms with Gasteiger partial charge in [0.05, 0.1) is 15.0 Å². The van der Waals surface area contributed by atoms with E-state index in [2.05, 4.69) is 44.6 Å². The molecular formula is C13H19BrN4S. The van der Waals surface area contributed by atoms with Crippen molar-refractivity contribution in [3.05, 3.63) is 22.8 Å². The molecule has 0 unspecified atom stereocenters. The fourth-order valence-electron chi connectivity index (χ4n) is 2.24. The maximum absolute atomic E-state index is 5.83. The van der Waals surface area contributed by atoms with Gasteiger partial charge in [-0.15, -0.1) is 0 Å². The van der Waals surface area contributed by atoms with Gasteiger partial charge in [0.1, 0.15) is 5.82 Å². The Bertz CT molecular complexity index is 469. The Kier molecular flexibility index (Phi) is 4.43. The highest BCUT2D eigenvalue weighted by Gasteiger charge is 2.32. The number of pyridine rings is 1. The average Bonchev–Trinajstić information content (AvgIpc) is 2.39. The summed E-state index contributed by atoms with van der Waals surface area (Å²) in [4.78, 5) is 9.61. The second-order valence-corrected chi connectivity index (χ2v) is 6.50. The molecule has 104 valence electrons. The van der Waals surface area contributed by atoms with Gasteiger partial charge in [-0.05, 0) is 41.9 Å². The Morgan fingerprint density at radius 2 is 2.00 bits per heavy atom. The van der Waals surface area contributed by atoms with Crippen molar-refractivity contribution in [1.29, 1.82) is 0 Å². The molecular weight excluding hydrogens is 324 g/mol. The van der Waals surface area contributed by atoms with E-state index in [1.54, 1.807) is 0 Å². The van der Waals surface area contributed by atoms with Crippen LogP contribution in [0.2, 0.25) is 0 Å². The van der Waals surface area contributed by atoms with E-state index in [1.807, 2.05) is 18.3 Å². The first-order valence-electron chi connectivity index (χ1n) is 6.33. The molecule has 2 N–H and O–H groups in total. The maximum Gasteiger partial charge on any atom is 0.142 e. The Morgan fingerprint density at radius 3 is 2.53 bits per heavy atom. The lowest BCUT2D eigenvalue weighted by molar-refractivity contribution is 0.168. The highest BCUT2D eigenvalue weighted by molar-refractivity contribution is 9.10. The number of hydrogen-bond acceptors (Lipinski definition) is 4. The van der Waals surface area contributed by atoms with E-state index in [-0.39, 0.29) is 5.54 Å². The first-order chi connectivity index (χ1) is 8.93. The van der Waals surface area contributed by atoms with Crippen molar-refractivity contribution in [3.63, 3.8) is 0 Å². The maximum atomic E-state index is 5.83. The first-order valence-corrected chi connectivity index (χ1v) is 7.53. The van der Waals surface area contributed by atoms with Gasteiger partial charge in [0.15, 0.2) is 0 Å². The largest absolute Gasteiger partial charge is 0.392 e. The summed E-state index contributed by atoms with van der Waals surface area (Å²) >= 11 is 8.71. The third-order valence-corrected chi connectivity index (χ3v) is 4.83. The Labute approximate surface area is 128 Å². The van der Waals surface area contributed by atoms with Crippen LogP contribution in [0, 0.1) is 0 Å². The molecule has 2 heterocycles. The molecule has 0 atom stereocenters. The predicted molar refractivity (Wildman–Crippen MR) is 86.6 cm³/mol. The van der Waals surface area contributed by atoms with Gasteiger partial charge >= 0.3 is 0 Å². The lowest BCUT2D eigenvalue weighted by Crippen LogP contribution is -2.59. The molecule has 4 nitrogen and oxygen atoms in total. The van der Waals surface area contributed by atoms with Crippen LogP contribution in [-0.2, 0) is 0 Å². The summed E-state index contributed by atoms with van der Waals surface area (Å²) in [6.07, 6.45) is 1.82. The number of piperazine rings is 1. The summed E-state index contributed by atoms with van der Waals surface area (Å²) in [5.74, 6) is 1.01. The monoisotopic (exact) mass is 342 g/mol. The van der Waals surface area contributed by atoms with Crippen molar-refractivity contribution in [2.45, 2.75) is 19.4 Å². The molecule has 1 aliphatic rings. The Morgan fingerprint density at radius 1 is 1.37 bits per heavy atom. The normalized spacial score (nSPS) is 17.5. The van der Waals surface area contributed by atoms with Gasteiger partial charge in [0.25, 0.3) is 0 Å². The van der Waals surface area contributed by atoms with Crippen LogP contribution in [0.1, 0.15) is 13.8 Å². The minimum absolute atomic E-state index is 0.219. The summed E-state index contributed by atoms with van der Waals surface area (Å²) in [7, 11) is 0. The number of anilines is 1. The lowest BCUT2D eigenvalue weighted by Gasteiger charge is -2.43. The molecule has 2 rings (SSSR count). The van der Waals surface area contributed by atoms with Gasteiger partial charge in [-0.3, -0.25) is 4.90 Å². The smallest absolute Gasteiger partial charge is 0.142 e. The van der Waals surface area contributed by atoms with E-state index < -0.39 is 0 Å². The molecule has 0 amide bonds. The van der Waals surface area contributed by atoms with E-state index in [0.29, 0.717) is 4.99 Å². The molecule has 1 aliphatic heterocycles. The second kappa shape index (κ2) is 5.73. The van der Waals surface area contributed by atoms with Crippen LogP contribution in [0.15, 0.2) is 22.8 Å². The molecule has 6 heteroatoms. The predicted octanol–water partition coefficient (Wildman–Crippen LogP) is 2.03. The van der Waals surface area contributed by atoms with Crippen molar-refractivity contribution >= 4 is 39.0 Å². The van der Waals surface area contributed by atoms with Crippen LogP contribution in [0.3, 0.4) is 0 Å². The molecule has 0 radical (unpaired) electrons. The number of nitrogens with zero attached hydrogens (tertiary/aromatic N) is 3. The van der Waals surface area contributed by atoms with Crippen LogP contribution >= 0.6 is 28.1 Å². The van der Waals surface area contributed by atoms with E-state index in [9.17, 15) is 0 Å². The van der Waals surface area contributed by atoms with Crippen LogP contribution in [-0.4, -0.2) is 46.6 Å². The van der Waals surface area contributed by atoms with Crippen molar-refractivity contribution in [2.24, 2.45) is 5.73 Å². The molecule has 0 spiro atoms. The summed E-state index contributed by atoms with van der Waals surface area (Å²) in [6.45, 7) is 7.91. The van der Waals surface area contributed by atoms with E-state index in [4.69, 9.17) is 18.0 Å². The van der Waals surface area contributed by atoms with Gasteiger partial charge in [0, 0.05) is 32.4 Å². The fraction of sp³-hybridized carbons (Fsp3) is 0.538. The van der Waals surface area contributed by atoms with Gasteiger partial charge in [-0.2, -0.15) is 0 Å². The van der Waals surface area contributed by atoms with Gasteiger partial charge in [-0.1, -0.05) is 12.2 Å². The number of aromatic nitrogens is 1. The average molecular weight is 343 g/mol. The number of thiocarbonyl (C=S) groups is 1. The summed E-state index contributed by atoms with van der Waals surface area (Å²) in [5.41, 5.74) is 5.61. The number of halogens is 1. The highest BCUT2D eigenvalue weighted by atomic mass is 79.9. The van der Waals surface area contributed by atoms with E-state index in [1.165, 1.54) is 0 Å². The van der Waals surface area contributed by atoms with Crippen LogP contribution < -0.4 is 10.6 Å². The third kappa shape index (κ3) is 3.07. The topological polar surface area (TPSA) is 45.4 Å². The number of hydrogen-bond donors (Lipinski definition) is 1. The molecule has 1 saturated heterocycles. The van der Waals surface area contributed by atoms with Gasteiger partial charge in [0.2, 0.25) is 0 Å². The third-order valence-electron chi connectivity index (χ3n) is 3.71. The van der Waals surface area contributed by atoms with Crippen LogP contribution in [0.5, 0.6) is 0 Å². The second-order valence-electron chi connectivity index (χ2n) is 5.21. The van der Waals surface area contributed by atoms with Crippen LogP contribution in [0.4, 0.5) is 5.82 Å². The molecule has 0 aliphatic carbocycles. The lowest BCUT2D eigenvalue weighted by atomic mass is 10.0. The molecule has 19 heavy (non-hydrogen) atoms. The zero-order chi connectivity index (χ0) is 14.0. The standard InChI is InChI=1S/C13H19BrN4S/c1-13(2,12(15)19)18-8-6-17(7-9-18)11-10(14)4-3-5-16-11/h3-5H,6-9H2,1-2H3,(H2,15,19). The molecule has 1 aromatic rings. The van der Waals surface area contributed by atoms with Crippen molar-refractivity contribution in [2.75, 3.05) is 31.1 Å². The minimum Gasteiger partial charge on any atom is -0.392 e. The van der Waals surface area contributed by atoms with Crippen molar-refractivity contribution in [1.82, 2.24) is 9.88 Å². The van der Waals surface area contributed by atoms with Crippen molar-refractivity contribution in [3.8, 4) is 0 Å². The number of rotatable bonds is 3.